The zero-order valence-corrected chi connectivity index (χ0v) is 15.7. The number of rotatable bonds is 6. The van der Waals surface area contributed by atoms with Crippen LogP contribution >= 0.6 is 0 Å². The molecule has 0 radical (unpaired) electrons. The molecule has 2 aromatic rings. The summed E-state index contributed by atoms with van der Waals surface area (Å²) in [4.78, 5) is 24.6. The highest BCUT2D eigenvalue weighted by molar-refractivity contribution is 5.81. The van der Waals surface area contributed by atoms with E-state index in [1.165, 1.54) is 12.4 Å². The van der Waals surface area contributed by atoms with Gasteiger partial charge in [-0.1, -0.05) is 30.3 Å². The Kier molecular flexibility index (Phi) is 6.76. The van der Waals surface area contributed by atoms with Crippen LogP contribution in [0.2, 0.25) is 0 Å². The second-order valence-corrected chi connectivity index (χ2v) is 7.08. The minimum atomic E-state index is -0.918. The first-order chi connectivity index (χ1) is 12.7. The second-order valence-electron chi connectivity index (χ2n) is 7.08. The Labute approximate surface area is 158 Å². The van der Waals surface area contributed by atoms with Gasteiger partial charge in [0.05, 0.1) is 0 Å². The molecule has 2 rings (SSSR count). The summed E-state index contributed by atoms with van der Waals surface area (Å²) < 4.78 is 11.5. The maximum Gasteiger partial charge on any atom is 0.408 e. The summed E-state index contributed by atoms with van der Waals surface area (Å²) in [6, 6.07) is 11.7. The monoisotopic (exact) mass is 373 g/mol. The van der Waals surface area contributed by atoms with Crippen molar-refractivity contribution in [3.05, 3.63) is 66.0 Å². The molecule has 0 fully saturated rings. The first kappa shape index (κ1) is 20.2. The van der Waals surface area contributed by atoms with Crippen molar-refractivity contribution in [2.45, 2.75) is 45.4 Å². The number of esters is 1. The van der Waals surface area contributed by atoms with Gasteiger partial charge in [-0.2, -0.15) is 0 Å². The molecule has 27 heavy (non-hydrogen) atoms. The van der Waals surface area contributed by atoms with Gasteiger partial charge in [0.25, 0.3) is 0 Å². The van der Waals surface area contributed by atoms with E-state index < -0.39 is 23.7 Å². The average Bonchev–Trinajstić information content (AvgIpc) is 2.60. The van der Waals surface area contributed by atoms with Crippen LogP contribution in [0.15, 0.2) is 54.9 Å². The molecule has 7 nitrogen and oxygen atoms in total. The SMILES string of the molecule is CC(C)(C)OC(=O)N[C@@H](Cc1cc[n+](O)cc1)C(=O)OCc1ccccc1. The molecule has 0 spiro atoms. The number of carbonyl (C=O) groups is 2. The molecule has 1 aromatic carbocycles. The zero-order valence-electron chi connectivity index (χ0n) is 15.7. The molecule has 2 N–H and O–H groups in total. The summed E-state index contributed by atoms with van der Waals surface area (Å²) in [7, 11) is 0. The quantitative estimate of drug-likeness (QED) is 0.461. The third kappa shape index (κ3) is 7.35. The molecule has 0 bridgehead atoms. The van der Waals surface area contributed by atoms with E-state index in [9.17, 15) is 14.8 Å². The predicted octanol–water partition coefficient (Wildman–Crippen LogP) is 2.39. The predicted molar refractivity (Wildman–Crippen MR) is 96.9 cm³/mol. The normalized spacial score (nSPS) is 12.1. The van der Waals surface area contributed by atoms with E-state index in [4.69, 9.17) is 9.47 Å². The highest BCUT2D eigenvalue weighted by Gasteiger charge is 2.26. The zero-order chi connectivity index (χ0) is 19.9. The van der Waals surface area contributed by atoms with Gasteiger partial charge < -0.3 is 14.8 Å². The Morgan fingerprint density at radius 1 is 1.07 bits per heavy atom. The molecule has 1 atom stereocenters. The van der Waals surface area contributed by atoms with E-state index >= 15 is 0 Å². The Morgan fingerprint density at radius 3 is 2.30 bits per heavy atom. The molecular formula is C20H25N2O5+. The van der Waals surface area contributed by atoms with Gasteiger partial charge in [0.15, 0.2) is 0 Å². The lowest BCUT2D eigenvalue weighted by Gasteiger charge is -2.23. The molecule has 0 aliphatic carbocycles. The number of nitrogens with zero attached hydrogens (tertiary/aromatic N) is 1. The van der Waals surface area contributed by atoms with Crippen LogP contribution in [-0.4, -0.2) is 28.9 Å². The van der Waals surface area contributed by atoms with Gasteiger partial charge in [0.1, 0.15) is 18.2 Å². The van der Waals surface area contributed by atoms with Crippen molar-refractivity contribution in [1.29, 1.82) is 0 Å². The standard InChI is InChI=1S/C20H24N2O5/c1-20(2,3)27-19(24)21-17(13-15-9-11-22(25)12-10-15)18(23)26-14-16-7-5-4-6-8-16/h4-12,17H,13-14H2,1-3H3,(H-,21,24,25)/p+1/t17-/m0/s1. The van der Waals surface area contributed by atoms with Crippen LogP contribution in [0.4, 0.5) is 4.79 Å². The number of nitrogens with one attached hydrogen (secondary N) is 1. The van der Waals surface area contributed by atoms with Gasteiger partial charge in [0.2, 0.25) is 12.4 Å². The van der Waals surface area contributed by atoms with Crippen molar-refractivity contribution in [3.8, 4) is 0 Å². The number of carbonyl (C=O) groups excluding carboxylic acids is 2. The largest absolute Gasteiger partial charge is 0.459 e. The van der Waals surface area contributed by atoms with E-state index in [0.717, 1.165) is 15.9 Å². The molecular weight excluding hydrogens is 348 g/mol. The molecule has 0 saturated carbocycles. The van der Waals surface area contributed by atoms with E-state index in [1.54, 1.807) is 32.9 Å². The molecule has 0 aliphatic heterocycles. The van der Waals surface area contributed by atoms with E-state index in [2.05, 4.69) is 5.32 Å². The number of ether oxygens (including phenoxy) is 2. The maximum absolute atomic E-state index is 12.5. The number of aromatic nitrogens is 1. The third-order valence-electron chi connectivity index (χ3n) is 3.52. The van der Waals surface area contributed by atoms with Crippen LogP contribution < -0.4 is 10.0 Å². The van der Waals surface area contributed by atoms with Crippen molar-refractivity contribution >= 4 is 12.1 Å². The highest BCUT2D eigenvalue weighted by atomic mass is 16.6. The number of hydrogen-bond donors (Lipinski definition) is 2. The van der Waals surface area contributed by atoms with Crippen LogP contribution in [0.25, 0.3) is 0 Å². The average molecular weight is 373 g/mol. The fraction of sp³-hybridized carbons (Fsp3) is 0.350. The number of alkyl carbamates (subject to hydrolysis) is 1. The van der Waals surface area contributed by atoms with Gasteiger partial charge in [-0.15, -0.1) is 0 Å². The molecule has 0 saturated heterocycles. The van der Waals surface area contributed by atoms with Crippen LogP contribution in [0.3, 0.4) is 0 Å². The van der Waals surface area contributed by atoms with Crippen LogP contribution in [-0.2, 0) is 27.3 Å². The smallest absolute Gasteiger partial charge is 0.408 e. The van der Waals surface area contributed by atoms with E-state index in [-0.39, 0.29) is 13.0 Å². The van der Waals surface area contributed by atoms with Crippen LogP contribution in [0.1, 0.15) is 31.9 Å². The van der Waals surface area contributed by atoms with Crippen molar-refractivity contribution in [2.75, 3.05) is 0 Å². The van der Waals surface area contributed by atoms with Gasteiger partial charge >= 0.3 is 12.1 Å². The Balaban J connectivity index is 2.06. The molecule has 144 valence electrons. The van der Waals surface area contributed by atoms with Crippen molar-refractivity contribution in [2.24, 2.45) is 0 Å². The van der Waals surface area contributed by atoms with E-state index in [1.807, 2.05) is 30.3 Å². The highest BCUT2D eigenvalue weighted by Crippen LogP contribution is 2.10. The summed E-state index contributed by atoms with van der Waals surface area (Å²) in [5, 5.41) is 11.9. The maximum atomic E-state index is 12.5. The molecule has 1 amide bonds. The fourth-order valence-corrected chi connectivity index (χ4v) is 2.29. The first-order valence-electron chi connectivity index (χ1n) is 8.62. The Morgan fingerprint density at radius 2 is 1.70 bits per heavy atom. The number of amides is 1. The van der Waals surface area contributed by atoms with Crippen LogP contribution in [0.5, 0.6) is 0 Å². The summed E-state index contributed by atoms with van der Waals surface area (Å²) in [5.74, 6) is -0.564. The van der Waals surface area contributed by atoms with Gasteiger partial charge in [0, 0.05) is 23.3 Å². The molecule has 0 aliphatic rings. The lowest BCUT2D eigenvalue weighted by Crippen LogP contribution is -2.45. The third-order valence-corrected chi connectivity index (χ3v) is 3.52. The van der Waals surface area contributed by atoms with Crippen molar-refractivity contribution in [1.82, 2.24) is 5.32 Å². The topological polar surface area (TPSA) is 88.7 Å². The minimum Gasteiger partial charge on any atom is -0.459 e. The van der Waals surface area contributed by atoms with E-state index in [0.29, 0.717) is 0 Å². The number of hydrogen-bond acceptors (Lipinski definition) is 5. The molecule has 1 heterocycles. The lowest BCUT2D eigenvalue weighted by molar-refractivity contribution is -0.904. The summed E-state index contributed by atoms with van der Waals surface area (Å²) in [6.45, 7) is 5.34. The van der Waals surface area contributed by atoms with Gasteiger partial charge in [-0.05, 0) is 31.9 Å². The lowest BCUT2D eigenvalue weighted by atomic mass is 10.1. The molecule has 1 aromatic heterocycles. The summed E-state index contributed by atoms with van der Waals surface area (Å²) in [6.07, 6.45) is 2.38. The van der Waals surface area contributed by atoms with Gasteiger partial charge in [-0.25, -0.2) is 9.59 Å². The van der Waals surface area contributed by atoms with Crippen molar-refractivity contribution < 1.29 is 29.0 Å². The summed E-state index contributed by atoms with van der Waals surface area (Å²) >= 11 is 0. The fourth-order valence-electron chi connectivity index (χ4n) is 2.29. The van der Waals surface area contributed by atoms with Crippen LogP contribution in [0, 0.1) is 0 Å². The first-order valence-corrected chi connectivity index (χ1v) is 8.62. The molecule has 0 unspecified atom stereocenters. The molecule has 7 heteroatoms. The Bertz CT molecular complexity index is 754. The number of benzene rings is 1. The second kappa shape index (κ2) is 9.02. The van der Waals surface area contributed by atoms with Crippen molar-refractivity contribution in [3.63, 3.8) is 0 Å². The number of pyridine rings is 1. The summed E-state index contributed by atoms with van der Waals surface area (Å²) in [5.41, 5.74) is 0.915. The Hall–Kier alpha value is -3.09. The minimum absolute atomic E-state index is 0.109. The van der Waals surface area contributed by atoms with Gasteiger partial charge in [-0.3, -0.25) is 5.21 Å².